The zero-order chi connectivity index (χ0) is 10.4. The molecule has 0 saturated heterocycles. The van der Waals surface area contributed by atoms with E-state index in [1.807, 2.05) is 6.92 Å². The van der Waals surface area contributed by atoms with Crippen molar-refractivity contribution < 1.29 is 5.11 Å². The van der Waals surface area contributed by atoms with Crippen molar-refractivity contribution in [2.75, 3.05) is 18.5 Å². The lowest BCUT2D eigenvalue weighted by Crippen LogP contribution is -2.17. The molecule has 1 rings (SSSR count). The Morgan fingerprint density at radius 1 is 1.64 bits per heavy atom. The second-order valence-corrected chi connectivity index (χ2v) is 2.93. The molecule has 5 heteroatoms. The molecule has 0 aliphatic rings. The fourth-order valence-electron chi connectivity index (χ4n) is 1.12. The van der Waals surface area contributed by atoms with Crippen molar-refractivity contribution in [3.05, 3.63) is 22.2 Å². The number of aliphatic hydroxyl groups excluding tert-OH is 1. The van der Waals surface area contributed by atoms with Crippen molar-refractivity contribution in [3.8, 4) is 0 Å². The van der Waals surface area contributed by atoms with Gasteiger partial charge in [0.1, 0.15) is 0 Å². The number of hydrogen-bond donors (Lipinski definition) is 3. The Balaban J connectivity index is 2.78. The molecule has 0 spiro atoms. The second-order valence-electron chi connectivity index (χ2n) is 2.93. The maximum absolute atomic E-state index is 11.2. The van der Waals surface area contributed by atoms with E-state index in [9.17, 15) is 4.79 Å². The molecule has 1 heterocycles. The number of aromatic nitrogens is 2. The predicted octanol–water partition coefficient (Wildman–Crippen LogP) is 0.127. The van der Waals surface area contributed by atoms with E-state index in [1.54, 1.807) is 6.20 Å². The van der Waals surface area contributed by atoms with E-state index in [4.69, 9.17) is 5.11 Å². The molecule has 0 aromatic carbocycles. The highest BCUT2D eigenvalue weighted by atomic mass is 16.2. The van der Waals surface area contributed by atoms with E-state index in [2.05, 4.69) is 15.3 Å². The lowest BCUT2D eigenvalue weighted by atomic mass is 10.2. The van der Waals surface area contributed by atoms with E-state index >= 15 is 0 Å². The van der Waals surface area contributed by atoms with Crippen LogP contribution in [0.5, 0.6) is 0 Å². The molecule has 3 N–H and O–H groups in total. The Bertz CT molecular complexity index is 335. The first kappa shape index (κ1) is 10.7. The summed E-state index contributed by atoms with van der Waals surface area (Å²) < 4.78 is 0. The van der Waals surface area contributed by atoms with Gasteiger partial charge in [-0.05, 0) is 19.8 Å². The Hall–Kier alpha value is -1.36. The molecule has 0 saturated carbocycles. The molecule has 5 nitrogen and oxygen atoms in total. The van der Waals surface area contributed by atoms with Crippen molar-refractivity contribution in [2.24, 2.45) is 0 Å². The molecule has 0 radical (unpaired) electrons. The van der Waals surface area contributed by atoms with Crippen LogP contribution in [0.2, 0.25) is 0 Å². The third-order valence-electron chi connectivity index (χ3n) is 1.78. The average Bonchev–Trinajstić information content (AvgIpc) is 2.19. The number of anilines is 1. The molecule has 0 aliphatic heterocycles. The van der Waals surface area contributed by atoms with Gasteiger partial charge in [0.05, 0.1) is 5.69 Å². The molecule has 0 unspecified atom stereocenters. The number of aryl methyl sites for hydroxylation is 1. The van der Waals surface area contributed by atoms with Crippen LogP contribution in [0.25, 0.3) is 0 Å². The summed E-state index contributed by atoms with van der Waals surface area (Å²) in [6.07, 6.45) is 2.91. The van der Waals surface area contributed by atoms with Gasteiger partial charge in [0.15, 0.2) is 5.82 Å². The molecule has 0 fully saturated rings. The number of nitrogens with one attached hydrogen (secondary N) is 2. The zero-order valence-electron chi connectivity index (χ0n) is 8.21. The molecule has 1 aromatic heterocycles. The monoisotopic (exact) mass is 197 g/mol. The van der Waals surface area contributed by atoms with Gasteiger partial charge >= 0.3 is 0 Å². The predicted molar refractivity (Wildman–Crippen MR) is 54.4 cm³/mol. The first-order valence-electron chi connectivity index (χ1n) is 4.71. The molecular formula is C9H15N3O2. The number of rotatable bonds is 5. The molecule has 78 valence electrons. The van der Waals surface area contributed by atoms with Crippen LogP contribution in [0.3, 0.4) is 0 Å². The number of hydrogen-bond acceptors (Lipinski definition) is 4. The van der Waals surface area contributed by atoms with Crippen LogP contribution in [-0.4, -0.2) is 28.2 Å². The zero-order valence-corrected chi connectivity index (χ0v) is 8.21. The Morgan fingerprint density at radius 2 is 2.43 bits per heavy atom. The first-order valence-corrected chi connectivity index (χ1v) is 4.71. The van der Waals surface area contributed by atoms with Crippen molar-refractivity contribution >= 4 is 5.82 Å². The van der Waals surface area contributed by atoms with Gasteiger partial charge in [-0.15, -0.1) is 0 Å². The van der Waals surface area contributed by atoms with Crippen molar-refractivity contribution in [1.29, 1.82) is 0 Å². The van der Waals surface area contributed by atoms with E-state index in [1.165, 1.54) is 0 Å². The number of aliphatic hydroxyl groups is 1. The van der Waals surface area contributed by atoms with Gasteiger partial charge in [-0.1, -0.05) is 0 Å². The molecule has 0 atom stereocenters. The molecule has 0 bridgehead atoms. The lowest BCUT2D eigenvalue weighted by Gasteiger charge is -2.03. The second kappa shape index (κ2) is 5.39. The van der Waals surface area contributed by atoms with Crippen LogP contribution in [0.4, 0.5) is 5.82 Å². The summed E-state index contributed by atoms with van der Waals surface area (Å²) in [5.41, 5.74) is 0.578. The largest absolute Gasteiger partial charge is 0.396 e. The van der Waals surface area contributed by atoms with Crippen LogP contribution in [0.15, 0.2) is 11.0 Å². The molecular weight excluding hydrogens is 182 g/mol. The third kappa shape index (κ3) is 2.85. The number of nitrogens with zero attached hydrogens (tertiary/aromatic N) is 1. The molecule has 1 aromatic rings. The van der Waals surface area contributed by atoms with Crippen molar-refractivity contribution in [3.63, 3.8) is 0 Å². The normalized spacial score (nSPS) is 10.1. The number of H-pyrrole nitrogens is 1. The standard InChI is InChI=1S/C9H15N3O2/c1-2-10-8-9(14)11-6-7(12-8)4-3-5-13/h6,13H,2-5H2,1H3,(H,10,12)(H,11,14). The van der Waals surface area contributed by atoms with Crippen LogP contribution in [-0.2, 0) is 6.42 Å². The van der Waals surface area contributed by atoms with Gasteiger partial charge in [-0.3, -0.25) is 4.79 Å². The highest BCUT2D eigenvalue weighted by Crippen LogP contribution is 1.99. The maximum Gasteiger partial charge on any atom is 0.290 e. The summed E-state index contributed by atoms with van der Waals surface area (Å²) in [5.74, 6) is 0.350. The lowest BCUT2D eigenvalue weighted by molar-refractivity contribution is 0.288. The van der Waals surface area contributed by atoms with E-state index in [0.717, 1.165) is 5.69 Å². The summed E-state index contributed by atoms with van der Waals surface area (Å²) >= 11 is 0. The van der Waals surface area contributed by atoms with E-state index in [-0.39, 0.29) is 12.2 Å². The van der Waals surface area contributed by atoms with Gasteiger partial charge in [0.2, 0.25) is 0 Å². The molecule has 0 amide bonds. The Labute approximate surface area is 82.2 Å². The van der Waals surface area contributed by atoms with Gasteiger partial charge in [-0.25, -0.2) is 4.98 Å². The first-order chi connectivity index (χ1) is 6.77. The summed E-state index contributed by atoms with van der Waals surface area (Å²) in [5, 5.41) is 11.5. The minimum atomic E-state index is -0.209. The molecule has 0 aliphatic carbocycles. The van der Waals surface area contributed by atoms with Crippen molar-refractivity contribution in [2.45, 2.75) is 19.8 Å². The molecule has 14 heavy (non-hydrogen) atoms. The summed E-state index contributed by atoms with van der Waals surface area (Å²) in [7, 11) is 0. The van der Waals surface area contributed by atoms with Gasteiger partial charge < -0.3 is 15.4 Å². The van der Waals surface area contributed by atoms with Crippen LogP contribution in [0, 0.1) is 0 Å². The van der Waals surface area contributed by atoms with Gasteiger partial charge in [0.25, 0.3) is 5.56 Å². The Kier molecular flexibility index (Phi) is 4.12. The summed E-state index contributed by atoms with van der Waals surface area (Å²) in [4.78, 5) is 17.9. The minimum absolute atomic E-state index is 0.136. The van der Waals surface area contributed by atoms with Crippen LogP contribution in [0.1, 0.15) is 19.0 Å². The SMILES string of the molecule is CCNc1nc(CCCO)c[nH]c1=O. The summed E-state index contributed by atoms with van der Waals surface area (Å²) in [6.45, 7) is 2.71. The smallest absolute Gasteiger partial charge is 0.290 e. The van der Waals surface area contributed by atoms with E-state index < -0.39 is 0 Å². The quantitative estimate of drug-likeness (QED) is 0.627. The van der Waals surface area contributed by atoms with Crippen LogP contribution >= 0.6 is 0 Å². The fourth-order valence-corrected chi connectivity index (χ4v) is 1.12. The highest BCUT2D eigenvalue weighted by molar-refractivity contribution is 5.31. The van der Waals surface area contributed by atoms with Crippen molar-refractivity contribution in [1.82, 2.24) is 9.97 Å². The fraction of sp³-hybridized carbons (Fsp3) is 0.556. The number of aromatic amines is 1. The maximum atomic E-state index is 11.2. The minimum Gasteiger partial charge on any atom is -0.396 e. The topological polar surface area (TPSA) is 78.0 Å². The van der Waals surface area contributed by atoms with E-state index in [0.29, 0.717) is 25.2 Å². The summed E-state index contributed by atoms with van der Waals surface area (Å²) in [6, 6.07) is 0. The van der Waals surface area contributed by atoms with Crippen LogP contribution < -0.4 is 10.9 Å². The third-order valence-corrected chi connectivity index (χ3v) is 1.78. The highest BCUT2D eigenvalue weighted by Gasteiger charge is 2.01. The van der Waals surface area contributed by atoms with Gasteiger partial charge in [-0.2, -0.15) is 0 Å². The average molecular weight is 197 g/mol. The Morgan fingerprint density at radius 3 is 3.07 bits per heavy atom. The van der Waals surface area contributed by atoms with Gasteiger partial charge in [0, 0.05) is 19.3 Å².